The van der Waals surface area contributed by atoms with Crippen LogP contribution in [0.25, 0.3) is 44.3 Å². The molecular weight excluding hydrogens is 564 g/mol. The Kier molecular flexibility index (Phi) is 3.89. The Balaban J connectivity index is 1.27. The van der Waals surface area contributed by atoms with Crippen molar-refractivity contribution in [3.05, 3.63) is 168 Å². The first kappa shape index (κ1) is 23.4. The van der Waals surface area contributed by atoms with Crippen LogP contribution in [0.5, 0.6) is 11.5 Å². The molecule has 5 nitrogen and oxygen atoms in total. The predicted octanol–water partition coefficient (Wildman–Crippen LogP) is 7.42. The normalized spacial score (nSPS) is 18.6. The maximum atomic E-state index is 6.83. The van der Waals surface area contributed by atoms with Gasteiger partial charge in [-0.1, -0.05) is 72.8 Å². The lowest BCUT2D eigenvalue weighted by atomic mass is 9.71. The Morgan fingerprint density at radius 2 is 1.46 bits per heavy atom. The summed E-state index contributed by atoms with van der Waals surface area (Å²) in [5.41, 5.74) is 13.3. The quantitative estimate of drug-likeness (QED) is 0.183. The number of hydrogen-bond acceptors (Lipinski definition) is 1. The van der Waals surface area contributed by atoms with E-state index in [1.54, 1.807) is 0 Å². The third-order valence-electron chi connectivity index (χ3n) is 11.1. The minimum Gasteiger partial charge on any atom is -0.456 e. The zero-order valence-corrected chi connectivity index (χ0v) is 25.0. The molecule has 0 N–H and O–H groups in total. The van der Waals surface area contributed by atoms with Crippen molar-refractivity contribution in [1.29, 1.82) is 0 Å². The molecule has 0 saturated carbocycles. The number of aryl methyl sites for hydroxylation is 1. The van der Waals surface area contributed by atoms with Crippen molar-refractivity contribution in [1.82, 2.24) is 9.13 Å². The summed E-state index contributed by atoms with van der Waals surface area (Å²) >= 11 is 0. The summed E-state index contributed by atoms with van der Waals surface area (Å²) in [5.74, 6) is 3.16. The summed E-state index contributed by atoms with van der Waals surface area (Å²) in [6, 6.07) is 42.3. The molecule has 3 aliphatic heterocycles. The van der Waals surface area contributed by atoms with Gasteiger partial charge >= 0.3 is 11.4 Å². The fraction of sp³-hybridized carbons (Fsp3) is 0.0732. The van der Waals surface area contributed by atoms with Crippen LogP contribution in [-0.4, -0.2) is 9.13 Å². The number of para-hydroxylation sites is 2. The molecule has 6 heterocycles. The Morgan fingerprint density at radius 3 is 2.30 bits per heavy atom. The first-order chi connectivity index (χ1) is 22.7. The van der Waals surface area contributed by atoms with Crippen LogP contribution in [0.4, 0.5) is 0 Å². The molecule has 0 saturated heterocycles. The molecule has 5 aromatic carbocycles. The SMILES string of the molecule is C[n+]1ccn2c1C13c4c(cccc4-2)Oc2ccc4c(c21)C(c1ccccc1-4)c1cc(-n2c4ccccc4c4ccccc42)cc[n+]13. The maximum absolute atomic E-state index is 6.83. The lowest BCUT2D eigenvalue weighted by Crippen LogP contribution is -2.66. The Hall–Kier alpha value is -5.94. The number of imidazole rings is 1. The minimum atomic E-state index is -0.587. The number of benzene rings is 5. The van der Waals surface area contributed by atoms with Gasteiger partial charge in [-0.15, -0.1) is 0 Å². The number of pyridine rings is 1. The number of nitrogens with zero attached hydrogens (tertiary/aromatic N) is 4. The van der Waals surface area contributed by atoms with E-state index in [1.165, 1.54) is 78.1 Å². The smallest absolute Gasteiger partial charge is 0.345 e. The molecule has 0 bridgehead atoms. The van der Waals surface area contributed by atoms with Crippen molar-refractivity contribution in [3.8, 4) is 34.0 Å². The third-order valence-corrected chi connectivity index (χ3v) is 11.1. The summed E-state index contributed by atoms with van der Waals surface area (Å²) in [6.07, 6.45) is 6.74. The van der Waals surface area contributed by atoms with E-state index >= 15 is 0 Å². The van der Waals surface area contributed by atoms with Crippen molar-refractivity contribution in [2.75, 3.05) is 0 Å². The summed E-state index contributed by atoms with van der Waals surface area (Å²) in [5, 5.41) is 2.54. The van der Waals surface area contributed by atoms with Crippen molar-refractivity contribution in [2.45, 2.75) is 11.5 Å². The number of ether oxygens (including phenoxy) is 1. The van der Waals surface area contributed by atoms with Gasteiger partial charge in [0.05, 0.1) is 35.2 Å². The fourth-order valence-corrected chi connectivity index (χ4v) is 9.51. The summed E-state index contributed by atoms with van der Waals surface area (Å²) in [6.45, 7) is 0. The van der Waals surface area contributed by atoms with Crippen LogP contribution in [-0.2, 0) is 12.6 Å². The minimum absolute atomic E-state index is 0.0754. The van der Waals surface area contributed by atoms with E-state index in [0.29, 0.717) is 0 Å². The molecule has 2 unspecified atom stereocenters. The lowest BCUT2D eigenvalue weighted by Gasteiger charge is -2.37. The number of rotatable bonds is 1. The van der Waals surface area contributed by atoms with Crippen LogP contribution in [0, 0.1) is 0 Å². The van der Waals surface area contributed by atoms with E-state index in [9.17, 15) is 0 Å². The van der Waals surface area contributed by atoms with Gasteiger partial charge < -0.3 is 9.30 Å². The van der Waals surface area contributed by atoms with Gasteiger partial charge in [-0.25, -0.2) is 4.57 Å². The van der Waals surface area contributed by atoms with Crippen LogP contribution in [0.2, 0.25) is 0 Å². The van der Waals surface area contributed by atoms with Gasteiger partial charge in [-0.2, -0.15) is 9.13 Å². The maximum Gasteiger partial charge on any atom is 0.345 e. The largest absolute Gasteiger partial charge is 0.456 e. The second kappa shape index (κ2) is 7.64. The second-order valence-corrected chi connectivity index (χ2v) is 13.0. The van der Waals surface area contributed by atoms with Crippen molar-refractivity contribution >= 4 is 21.8 Å². The van der Waals surface area contributed by atoms with E-state index < -0.39 is 5.54 Å². The average Bonchev–Trinajstić information content (AvgIpc) is 3.83. The molecular formula is C41H26N4O+2. The van der Waals surface area contributed by atoms with Gasteiger partial charge in [0.15, 0.2) is 11.9 Å². The molecule has 0 radical (unpaired) electrons. The number of aromatic nitrogens is 4. The molecule has 0 fully saturated rings. The van der Waals surface area contributed by atoms with E-state index in [2.05, 4.69) is 159 Å². The van der Waals surface area contributed by atoms with Gasteiger partial charge in [0.2, 0.25) is 0 Å². The van der Waals surface area contributed by atoms with Gasteiger partial charge in [0, 0.05) is 22.9 Å². The van der Waals surface area contributed by atoms with E-state index in [0.717, 1.165) is 11.5 Å². The molecule has 214 valence electrons. The molecule has 3 aromatic heterocycles. The van der Waals surface area contributed by atoms with Gasteiger partial charge in [-0.3, -0.25) is 0 Å². The van der Waals surface area contributed by atoms with Gasteiger partial charge in [0.1, 0.15) is 35.1 Å². The number of fused-ring (bicyclic) bond motifs is 10. The molecule has 12 rings (SSSR count). The Morgan fingerprint density at radius 1 is 0.696 bits per heavy atom. The molecule has 1 spiro atoms. The monoisotopic (exact) mass is 590 g/mol. The first-order valence-electron chi connectivity index (χ1n) is 16.0. The highest BCUT2D eigenvalue weighted by Gasteiger charge is 2.70. The van der Waals surface area contributed by atoms with E-state index in [4.69, 9.17) is 4.74 Å². The third kappa shape index (κ3) is 2.38. The van der Waals surface area contributed by atoms with Gasteiger partial charge in [-0.05, 0) is 52.6 Å². The fourth-order valence-electron chi connectivity index (χ4n) is 9.51. The molecule has 0 amide bonds. The zero-order valence-electron chi connectivity index (χ0n) is 25.0. The highest BCUT2D eigenvalue weighted by Crippen LogP contribution is 2.63. The first-order valence-corrected chi connectivity index (χ1v) is 16.0. The highest BCUT2D eigenvalue weighted by molar-refractivity contribution is 6.09. The van der Waals surface area contributed by atoms with Crippen LogP contribution < -0.4 is 13.9 Å². The molecule has 2 atom stereocenters. The van der Waals surface area contributed by atoms with Crippen LogP contribution >= 0.6 is 0 Å². The van der Waals surface area contributed by atoms with Crippen LogP contribution in [0.1, 0.15) is 39.7 Å². The Labute approximate surface area is 264 Å². The van der Waals surface area contributed by atoms with Crippen LogP contribution in [0.3, 0.4) is 0 Å². The highest BCUT2D eigenvalue weighted by atomic mass is 16.5. The summed E-state index contributed by atoms with van der Waals surface area (Å²) in [7, 11) is 2.18. The zero-order chi connectivity index (χ0) is 29.9. The Bertz CT molecular complexity index is 2660. The topological polar surface area (TPSA) is 26.8 Å². The van der Waals surface area contributed by atoms with E-state index in [1.807, 2.05) is 0 Å². The van der Waals surface area contributed by atoms with Crippen molar-refractivity contribution < 1.29 is 13.9 Å². The van der Waals surface area contributed by atoms with Crippen molar-refractivity contribution in [2.24, 2.45) is 7.05 Å². The molecule has 5 heteroatoms. The lowest BCUT2D eigenvalue weighted by molar-refractivity contribution is -0.779. The summed E-state index contributed by atoms with van der Waals surface area (Å²) < 4.78 is 16.5. The predicted molar refractivity (Wildman–Crippen MR) is 176 cm³/mol. The second-order valence-electron chi connectivity index (χ2n) is 13.0. The van der Waals surface area contributed by atoms with Gasteiger partial charge in [0.25, 0.3) is 0 Å². The average molecular weight is 591 g/mol. The number of hydrogen-bond donors (Lipinski definition) is 0. The molecule has 1 aliphatic carbocycles. The van der Waals surface area contributed by atoms with Crippen LogP contribution in [0.15, 0.2) is 134 Å². The molecule has 4 aliphatic rings. The standard InChI is InChI=1S/C41H26N4O/c1-42-21-22-43-32-15-8-16-34-38(32)41(40(42)43)39-35(46-34)18-17-29-25-9-2-3-12-28(25)36(37(29)39)33-23-24(19-20-44(33)41)45-30-13-6-4-10-26(30)27-11-5-7-14-31(27)45/h2-23,36H,1H3/q+2. The summed E-state index contributed by atoms with van der Waals surface area (Å²) in [4.78, 5) is 0. The van der Waals surface area contributed by atoms with E-state index in [-0.39, 0.29) is 5.92 Å². The van der Waals surface area contributed by atoms with Crippen molar-refractivity contribution in [3.63, 3.8) is 0 Å². The molecule has 46 heavy (non-hydrogen) atoms. The molecule has 8 aromatic rings.